The molecule has 0 aliphatic rings. The molecule has 2 rings (SSSR count). The molecule has 0 saturated carbocycles. The minimum absolute atomic E-state index is 0.0392. The van der Waals surface area contributed by atoms with Crippen LogP contribution in [0, 0.1) is 5.82 Å². The molecule has 19 heavy (non-hydrogen) atoms. The third-order valence-electron chi connectivity index (χ3n) is 2.98. The van der Waals surface area contributed by atoms with Gasteiger partial charge in [-0.3, -0.25) is 9.78 Å². The number of aryl methyl sites for hydroxylation is 1. The van der Waals surface area contributed by atoms with E-state index in [4.69, 9.17) is 11.6 Å². The van der Waals surface area contributed by atoms with Gasteiger partial charge in [0, 0.05) is 35.0 Å². The minimum Gasteiger partial charge on any atom is -0.294 e. The number of benzene rings is 1. The van der Waals surface area contributed by atoms with Crippen molar-refractivity contribution in [1.82, 2.24) is 4.98 Å². The Morgan fingerprint density at radius 3 is 2.84 bits per heavy atom. The third-order valence-corrected chi connectivity index (χ3v) is 3.34. The quantitative estimate of drug-likeness (QED) is 0.794. The first kappa shape index (κ1) is 13.7. The van der Waals surface area contributed by atoms with Crippen molar-refractivity contribution in [3.63, 3.8) is 0 Å². The number of nitrogens with zero attached hydrogens (tertiary/aromatic N) is 1. The molecule has 2 aromatic rings. The number of hydrogen-bond donors (Lipinski definition) is 0. The Morgan fingerprint density at radius 2 is 2.16 bits per heavy atom. The van der Waals surface area contributed by atoms with E-state index in [0.717, 1.165) is 5.56 Å². The van der Waals surface area contributed by atoms with Gasteiger partial charge in [0.2, 0.25) is 0 Å². The van der Waals surface area contributed by atoms with Gasteiger partial charge in [-0.15, -0.1) is 0 Å². The van der Waals surface area contributed by atoms with Crippen LogP contribution in [0.1, 0.15) is 28.4 Å². The van der Waals surface area contributed by atoms with Gasteiger partial charge < -0.3 is 0 Å². The highest BCUT2D eigenvalue weighted by atomic mass is 35.5. The van der Waals surface area contributed by atoms with E-state index >= 15 is 0 Å². The maximum Gasteiger partial charge on any atom is 0.167 e. The van der Waals surface area contributed by atoms with E-state index in [0.29, 0.717) is 12.0 Å². The van der Waals surface area contributed by atoms with E-state index in [1.165, 1.54) is 12.1 Å². The Hall–Kier alpha value is -1.74. The molecule has 0 atom stereocenters. The Morgan fingerprint density at radius 1 is 1.37 bits per heavy atom. The predicted molar refractivity (Wildman–Crippen MR) is 73.1 cm³/mol. The number of carbonyl (C=O) groups excluding carboxylic acids is 1. The van der Waals surface area contributed by atoms with Crippen LogP contribution >= 0.6 is 11.6 Å². The zero-order valence-corrected chi connectivity index (χ0v) is 11.2. The SMILES string of the molecule is CCc1cnccc1C(=O)Cc1c(F)cccc1Cl. The molecule has 98 valence electrons. The molecule has 0 bridgehead atoms. The molecule has 0 N–H and O–H groups in total. The molecule has 1 aromatic carbocycles. The first-order chi connectivity index (χ1) is 9.13. The number of carbonyl (C=O) groups is 1. The van der Waals surface area contributed by atoms with E-state index in [1.807, 2.05) is 6.92 Å². The summed E-state index contributed by atoms with van der Waals surface area (Å²) >= 11 is 5.93. The van der Waals surface area contributed by atoms with Crippen LogP contribution in [0.4, 0.5) is 4.39 Å². The number of rotatable bonds is 4. The second-order valence-electron chi connectivity index (χ2n) is 4.19. The van der Waals surface area contributed by atoms with E-state index in [9.17, 15) is 9.18 Å². The van der Waals surface area contributed by atoms with Crippen LogP contribution in [0.25, 0.3) is 0 Å². The van der Waals surface area contributed by atoms with Gasteiger partial charge in [-0.05, 0) is 30.2 Å². The highest BCUT2D eigenvalue weighted by molar-refractivity contribution is 6.31. The summed E-state index contributed by atoms with van der Waals surface area (Å²) in [5.74, 6) is -0.598. The number of aromatic nitrogens is 1. The zero-order valence-electron chi connectivity index (χ0n) is 10.5. The topological polar surface area (TPSA) is 30.0 Å². The van der Waals surface area contributed by atoms with Crippen LogP contribution < -0.4 is 0 Å². The molecule has 0 unspecified atom stereocenters. The summed E-state index contributed by atoms with van der Waals surface area (Å²) in [6, 6.07) is 6.08. The van der Waals surface area contributed by atoms with Gasteiger partial charge in [0.25, 0.3) is 0 Å². The molecule has 4 heteroatoms. The Bertz CT molecular complexity index is 593. The first-order valence-corrected chi connectivity index (χ1v) is 6.40. The number of ketones is 1. The number of hydrogen-bond acceptors (Lipinski definition) is 2. The van der Waals surface area contributed by atoms with Gasteiger partial charge >= 0.3 is 0 Å². The summed E-state index contributed by atoms with van der Waals surface area (Å²) in [7, 11) is 0. The van der Waals surface area contributed by atoms with Crippen molar-refractivity contribution < 1.29 is 9.18 Å². The lowest BCUT2D eigenvalue weighted by Gasteiger charge is -2.08. The van der Waals surface area contributed by atoms with E-state index in [2.05, 4.69) is 4.98 Å². The Kier molecular flexibility index (Phi) is 4.27. The summed E-state index contributed by atoms with van der Waals surface area (Å²) in [5.41, 5.74) is 1.69. The van der Waals surface area contributed by atoms with Gasteiger partial charge in [0.1, 0.15) is 5.82 Å². The summed E-state index contributed by atoms with van der Waals surface area (Å²) in [6.07, 6.45) is 3.90. The largest absolute Gasteiger partial charge is 0.294 e. The van der Waals surface area contributed by atoms with Crippen LogP contribution in [0.5, 0.6) is 0 Å². The van der Waals surface area contributed by atoms with Crippen LogP contribution in [0.3, 0.4) is 0 Å². The minimum atomic E-state index is -0.451. The van der Waals surface area contributed by atoms with E-state index in [-0.39, 0.29) is 22.8 Å². The maximum absolute atomic E-state index is 13.7. The van der Waals surface area contributed by atoms with Crippen molar-refractivity contribution in [1.29, 1.82) is 0 Å². The Balaban J connectivity index is 2.31. The van der Waals surface area contributed by atoms with Crippen molar-refractivity contribution >= 4 is 17.4 Å². The zero-order chi connectivity index (χ0) is 13.8. The van der Waals surface area contributed by atoms with Crippen molar-refractivity contribution in [2.24, 2.45) is 0 Å². The fourth-order valence-electron chi connectivity index (χ4n) is 1.94. The van der Waals surface area contributed by atoms with Crippen LogP contribution in [0.2, 0.25) is 5.02 Å². The molecule has 0 fully saturated rings. The fraction of sp³-hybridized carbons (Fsp3) is 0.200. The van der Waals surface area contributed by atoms with Gasteiger partial charge in [-0.1, -0.05) is 24.6 Å². The number of Topliss-reactive ketones (excluding diaryl/α,β-unsaturated/α-hetero) is 1. The smallest absolute Gasteiger partial charge is 0.167 e. The Labute approximate surface area is 116 Å². The van der Waals surface area contributed by atoms with Gasteiger partial charge in [0.05, 0.1) is 0 Å². The number of halogens is 2. The molecule has 0 aliphatic heterocycles. The van der Waals surface area contributed by atoms with E-state index in [1.54, 1.807) is 24.5 Å². The fourth-order valence-corrected chi connectivity index (χ4v) is 2.17. The summed E-state index contributed by atoms with van der Waals surface area (Å²) in [5, 5.41) is 0.278. The summed E-state index contributed by atoms with van der Waals surface area (Å²) < 4.78 is 13.7. The molecule has 0 radical (unpaired) electrons. The van der Waals surface area contributed by atoms with Crippen LogP contribution in [-0.2, 0) is 12.8 Å². The monoisotopic (exact) mass is 277 g/mol. The first-order valence-electron chi connectivity index (χ1n) is 6.02. The lowest BCUT2D eigenvalue weighted by Crippen LogP contribution is -2.09. The molecule has 2 nitrogen and oxygen atoms in total. The van der Waals surface area contributed by atoms with Crippen LogP contribution in [-0.4, -0.2) is 10.8 Å². The standard InChI is InChI=1S/C15H13ClFNO/c1-2-10-9-18-7-6-11(10)15(19)8-12-13(16)4-3-5-14(12)17/h3-7,9H,2,8H2,1H3. The van der Waals surface area contributed by atoms with Gasteiger partial charge in [0.15, 0.2) is 5.78 Å². The second kappa shape index (κ2) is 5.93. The molecule has 0 aliphatic carbocycles. The van der Waals surface area contributed by atoms with E-state index < -0.39 is 5.82 Å². The average Bonchev–Trinajstić information content (AvgIpc) is 2.42. The lowest BCUT2D eigenvalue weighted by atomic mass is 9.99. The average molecular weight is 278 g/mol. The van der Waals surface area contributed by atoms with Crippen molar-refractivity contribution in [2.45, 2.75) is 19.8 Å². The highest BCUT2D eigenvalue weighted by Crippen LogP contribution is 2.21. The van der Waals surface area contributed by atoms with Crippen molar-refractivity contribution in [2.75, 3.05) is 0 Å². The van der Waals surface area contributed by atoms with Crippen molar-refractivity contribution in [3.05, 3.63) is 64.2 Å². The highest BCUT2D eigenvalue weighted by Gasteiger charge is 2.15. The third kappa shape index (κ3) is 2.99. The second-order valence-corrected chi connectivity index (χ2v) is 4.59. The molecular formula is C15H13ClFNO. The molecular weight excluding hydrogens is 265 g/mol. The summed E-state index contributed by atoms with van der Waals surface area (Å²) in [4.78, 5) is 16.2. The maximum atomic E-state index is 13.7. The van der Waals surface area contributed by atoms with Gasteiger partial charge in [-0.25, -0.2) is 4.39 Å². The molecule has 0 amide bonds. The normalized spacial score (nSPS) is 10.5. The lowest BCUT2D eigenvalue weighted by molar-refractivity contribution is 0.0991. The molecule has 0 saturated heterocycles. The van der Waals surface area contributed by atoms with Gasteiger partial charge in [-0.2, -0.15) is 0 Å². The van der Waals surface area contributed by atoms with Crippen LogP contribution in [0.15, 0.2) is 36.7 Å². The number of pyridine rings is 1. The molecule has 1 heterocycles. The molecule has 1 aromatic heterocycles. The molecule has 0 spiro atoms. The predicted octanol–water partition coefficient (Wildman–Crippen LogP) is 3.86. The summed E-state index contributed by atoms with van der Waals surface area (Å²) in [6.45, 7) is 1.95. The van der Waals surface area contributed by atoms with Crippen molar-refractivity contribution in [3.8, 4) is 0 Å².